The predicted molar refractivity (Wildman–Crippen MR) is 112 cm³/mol. The van der Waals surface area contributed by atoms with Crippen LogP contribution in [0.1, 0.15) is 67.2 Å². The van der Waals surface area contributed by atoms with Gasteiger partial charge < -0.3 is 15.0 Å². The fourth-order valence-electron chi connectivity index (χ4n) is 4.76. The number of hydrogen-bond donors (Lipinski definition) is 1. The summed E-state index contributed by atoms with van der Waals surface area (Å²) >= 11 is 0. The van der Waals surface area contributed by atoms with Gasteiger partial charge >= 0.3 is 0 Å². The molecule has 2 amide bonds. The van der Waals surface area contributed by atoms with Gasteiger partial charge in [-0.15, -0.1) is 0 Å². The highest BCUT2D eigenvalue weighted by molar-refractivity contribution is 5.82. The van der Waals surface area contributed by atoms with Crippen LogP contribution in [0.5, 0.6) is 0 Å². The lowest BCUT2D eigenvalue weighted by Crippen LogP contribution is -2.59. The van der Waals surface area contributed by atoms with Gasteiger partial charge in [0.1, 0.15) is 0 Å². The van der Waals surface area contributed by atoms with Gasteiger partial charge in [0.05, 0.1) is 18.2 Å². The third kappa shape index (κ3) is 5.93. The van der Waals surface area contributed by atoms with Crippen molar-refractivity contribution in [3.8, 4) is 0 Å². The van der Waals surface area contributed by atoms with Gasteiger partial charge in [-0.25, -0.2) is 0 Å². The van der Waals surface area contributed by atoms with E-state index in [4.69, 9.17) is 4.74 Å². The quantitative estimate of drug-likeness (QED) is 0.720. The van der Waals surface area contributed by atoms with Gasteiger partial charge in [-0.2, -0.15) is 0 Å². The smallest absolute Gasteiger partial charge is 0.237 e. The third-order valence-electron chi connectivity index (χ3n) is 6.23. The van der Waals surface area contributed by atoms with Crippen molar-refractivity contribution in [3.05, 3.63) is 0 Å². The molecule has 2 fully saturated rings. The highest BCUT2D eigenvalue weighted by Crippen LogP contribution is 2.21. The Morgan fingerprint density at radius 2 is 1.57 bits per heavy atom. The van der Waals surface area contributed by atoms with Crippen molar-refractivity contribution in [2.24, 2.45) is 11.8 Å². The maximum Gasteiger partial charge on any atom is 0.237 e. The molecule has 0 saturated carbocycles. The van der Waals surface area contributed by atoms with Gasteiger partial charge in [0.2, 0.25) is 11.8 Å². The molecular formula is C22H41N3O3. The number of carbonyl (C=O) groups excluding carboxylic acids is 2. The van der Waals surface area contributed by atoms with Gasteiger partial charge in [0.25, 0.3) is 0 Å². The molecule has 2 saturated heterocycles. The first-order chi connectivity index (χ1) is 13.3. The van der Waals surface area contributed by atoms with Gasteiger partial charge in [-0.1, -0.05) is 27.7 Å². The van der Waals surface area contributed by atoms with Crippen molar-refractivity contribution in [2.45, 2.75) is 91.5 Å². The number of piperidine rings is 1. The van der Waals surface area contributed by atoms with E-state index in [2.05, 4.69) is 51.8 Å². The Morgan fingerprint density at radius 1 is 1.04 bits per heavy atom. The fraction of sp³-hybridized carbons (Fsp3) is 0.909. The number of nitrogens with zero attached hydrogens (tertiary/aromatic N) is 2. The minimum atomic E-state index is -0.127. The van der Waals surface area contributed by atoms with Crippen LogP contribution in [0.15, 0.2) is 0 Å². The molecule has 2 rings (SSSR count). The molecule has 2 aliphatic heterocycles. The summed E-state index contributed by atoms with van der Waals surface area (Å²) in [6.07, 6.45) is 3.79. The molecular weight excluding hydrogens is 354 g/mol. The standard InChI is InChI=1S/C22H41N3O3/c1-7-18(8-2)22(27)24-11-9-19(10-12-24)23-21(26)20(15(3)4)25-13-16(5)28-17(6)14-25/h15-20H,7-14H2,1-6H3,(H,23,26). The van der Waals surface area contributed by atoms with Crippen molar-refractivity contribution in [3.63, 3.8) is 0 Å². The number of nitrogens with one attached hydrogen (secondary N) is 1. The lowest BCUT2D eigenvalue weighted by molar-refractivity contribution is -0.138. The SMILES string of the molecule is CCC(CC)C(=O)N1CCC(NC(=O)C(C(C)C)N2CC(C)OC(C)C2)CC1. The first-order valence-electron chi connectivity index (χ1n) is 11.2. The summed E-state index contributed by atoms with van der Waals surface area (Å²) in [7, 11) is 0. The van der Waals surface area contributed by atoms with Crippen LogP contribution in [0.2, 0.25) is 0 Å². The summed E-state index contributed by atoms with van der Waals surface area (Å²) in [6, 6.07) is 0.0356. The summed E-state index contributed by atoms with van der Waals surface area (Å²) in [5.41, 5.74) is 0. The molecule has 6 nitrogen and oxygen atoms in total. The highest BCUT2D eigenvalue weighted by atomic mass is 16.5. The molecule has 0 spiro atoms. The average Bonchev–Trinajstić information content (AvgIpc) is 2.62. The van der Waals surface area contributed by atoms with Gasteiger partial charge in [0, 0.05) is 38.1 Å². The summed E-state index contributed by atoms with van der Waals surface area (Å²) in [5, 5.41) is 3.28. The van der Waals surface area contributed by atoms with E-state index >= 15 is 0 Å². The van der Waals surface area contributed by atoms with E-state index in [9.17, 15) is 9.59 Å². The zero-order chi connectivity index (χ0) is 20.8. The molecule has 3 atom stereocenters. The monoisotopic (exact) mass is 395 g/mol. The summed E-state index contributed by atoms with van der Waals surface area (Å²) in [5.74, 6) is 0.794. The zero-order valence-corrected chi connectivity index (χ0v) is 18.7. The van der Waals surface area contributed by atoms with Crippen molar-refractivity contribution in [1.29, 1.82) is 0 Å². The lowest BCUT2D eigenvalue weighted by atomic mass is 9.96. The van der Waals surface area contributed by atoms with Crippen LogP contribution in [0, 0.1) is 11.8 Å². The number of hydrogen-bond acceptors (Lipinski definition) is 4. The molecule has 0 radical (unpaired) electrons. The zero-order valence-electron chi connectivity index (χ0n) is 18.7. The van der Waals surface area contributed by atoms with Crippen molar-refractivity contribution < 1.29 is 14.3 Å². The van der Waals surface area contributed by atoms with Crippen LogP contribution in [0.4, 0.5) is 0 Å². The van der Waals surface area contributed by atoms with Crippen LogP contribution in [-0.4, -0.2) is 72.1 Å². The number of morpholine rings is 1. The second-order valence-electron chi connectivity index (χ2n) is 9.02. The van der Waals surface area contributed by atoms with Crippen LogP contribution in [-0.2, 0) is 14.3 Å². The molecule has 3 unspecified atom stereocenters. The van der Waals surface area contributed by atoms with E-state index in [0.29, 0.717) is 0 Å². The fourth-order valence-corrected chi connectivity index (χ4v) is 4.76. The topological polar surface area (TPSA) is 61.9 Å². The molecule has 0 aromatic heterocycles. The van der Waals surface area contributed by atoms with Crippen LogP contribution in [0.25, 0.3) is 0 Å². The second-order valence-corrected chi connectivity index (χ2v) is 9.02. The average molecular weight is 396 g/mol. The van der Waals surface area contributed by atoms with E-state index in [1.165, 1.54) is 0 Å². The van der Waals surface area contributed by atoms with Crippen LogP contribution < -0.4 is 5.32 Å². The Labute approximate surface area is 171 Å². The molecule has 6 heteroatoms. The maximum absolute atomic E-state index is 13.1. The molecule has 0 aliphatic carbocycles. The highest BCUT2D eigenvalue weighted by Gasteiger charge is 2.35. The molecule has 2 aliphatic rings. The summed E-state index contributed by atoms with van der Waals surface area (Å²) in [6.45, 7) is 15.6. The molecule has 1 N–H and O–H groups in total. The number of amides is 2. The van der Waals surface area contributed by atoms with E-state index < -0.39 is 0 Å². The van der Waals surface area contributed by atoms with E-state index in [1.54, 1.807) is 0 Å². The molecule has 0 aromatic rings. The number of rotatable bonds is 7. The Balaban J connectivity index is 1.90. The van der Waals surface area contributed by atoms with E-state index in [0.717, 1.165) is 51.9 Å². The maximum atomic E-state index is 13.1. The first-order valence-corrected chi connectivity index (χ1v) is 11.2. The summed E-state index contributed by atoms with van der Waals surface area (Å²) in [4.78, 5) is 30.0. The Hall–Kier alpha value is -1.14. The largest absolute Gasteiger partial charge is 0.373 e. The summed E-state index contributed by atoms with van der Waals surface area (Å²) < 4.78 is 5.84. The van der Waals surface area contributed by atoms with Crippen molar-refractivity contribution >= 4 is 11.8 Å². The Bertz CT molecular complexity index is 503. The number of ether oxygens (including phenoxy) is 1. The second kappa shape index (κ2) is 10.6. The normalized spacial score (nSPS) is 25.9. The molecule has 0 aromatic carbocycles. The molecule has 28 heavy (non-hydrogen) atoms. The van der Waals surface area contributed by atoms with Gasteiger partial charge in [-0.05, 0) is 45.4 Å². The third-order valence-corrected chi connectivity index (χ3v) is 6.23. The van der Waals surface area contributed by atoms with Crippen molar-refractivity contribution in [1.82, 2.24) is 15.1 Å². The molecule has 2 heterocycles. The minimum Gasteiger partial charge on any atom is -0.373 e. The van der Waals surface area contributed by atoms with Gasteiger partial charge in [-0.3, -0.25) is 14.5 Å². The van der Waals surface area contributed by atoms with E-state index in [-0.39, 0.29) is 47.9 Å². The predicted octanol–water partition coefficient (Wildman–Crippen LogP) is 2.66. The molecule has 0 bridgehead atoms. The van der Waals surface area contributed by atoms with Crippen molar-refractivity contribution in [2.75, 3.05) is 26.2 Å². The Kier molecular flexibility index (Phi) is 8.75. The Morgan fingerprint density at radius 3 is 2.04 bits per heavy atom. The molecule has 162 valence electrons. The number of likely N-dealkylation sites (tertiary alicyclic amines) is 1. The lowest BCUT2D eigenvalue weighted by Gasteiger charge is -2.42. The minimum absolute atomic E-state index is 0.126. The number of carbonyl (C=O) groups is 2. The first kappa shape index (κ1) is 23.1. The van der Waals surface area contributed by atoms with E-state index in [1.807, 2.05) is 4.90 Å². The van der Waals surface area contributed by atoms with Crippen LogP contribution in [0.3, 0.4) is 0 Å². The van der Waals surface area contributed by atoms with Gasteiger partial charge in [0.15, 0.2) is 0 Å². The van der Waals surface area contributed by atoms with Crippen LogP contribution >= 0.6 is 0 Å².